The average molecular weight is 452 g/mol. The van der Waals surface area contributed by atoms with Crippen molar-refractivity contribution in [3.8, 4) is 0 Å². The Labute approximate surface area is 190 Å². The highest BCUT2D eigenvalue weighted by Gasteiger charge is 2.28. The molecule has 32 heavy (non-hydrogen) atoms. The van der Waals surface area contributed by atoms with Crippen molar-refractivity contribution >= 4 is 21.6 Å². The zero-order valence-electron chi connectivity index (χ0n) is 18.4. The first kappa shape index (κ1) is 23.5. The average Bonchev–Trinajstić information content (AvgIpc) is 2.81. The van der Waals surface area contributed by atoms with Crippen LogP contribution in [0.1, 0.15) is 22.3 Å². The van der Waals surface area contributed by atoms with E-state index in [1.165, 1.54) is 4.31 Å². The van der Waals surface area contributed by atoms with Crippen LogP contribution in [0.15, 0.2) is 89.8 Å². The number of nitrogens with zero attached hydrogens (tertiary/aromatic N) is 2. The van der Waals surface area contributed by atoms with Gasteiger partial charge in [0.25, 0.3) is 15.9 Å². The zero-order valence-corrected chi connectivity index (χ0v) is 19.3. The molecule has 168 valence electrons. The molecule has 0 fully saturated rings. The molecule has 0 aliphatic carbocycles. The van der Waals surface area contributed by atoms with Crippen LogP contribution in [0, 0.1) is 0 Å². The van der Waals surface area contributed by atoms with Crippen molar-refractivity contribution in [3.05, 3.63) is 96.1 Å². The normalized spacial score (nSPS) is 11.3. The molecule has 0 spiro atoms. The van der Waals surface area contributed by atoms with E-state index >= 15 is 0 Å². The minimum absolute atomic E-state index is 0.114. The molecule has 0 atom stereocenters. The van der Waals surface area contributed by atoms with Crippen molar-refractivity contribution in [1.82, 2.24) is 10.2 Å². The minimum atomic E-state index is -3.90. The van der Waals surface area contributed by atoms with E-state index in [9.17, 15) is 13.2 Å². The summed E-state index contributed by atoms with van der Waals surface area (Å²) in [5, 5.41) is 2.92. The SMILES string of the molecule is CN(C)CCCNC(=O)c1ccccc1N(Cc1ccccc1)S(=O)(=O)c1ccccc1. The maximum absolute atomic E-state index is 13.6. The van der Waals surface area contributed by atoms with Crippen LogP contribution in [-0.4, -0.2) is 46.4 Å². The fourth-order valence-electron chi connectivity index (χ4n) is 3.34. The monoisotopic (exact) mass is 451 g/mol. The predicted octanol–water partition coefficient (Wildman–Crippen LogP) is 3.76. The molecule has 0 saturated heterocycles. The Hall–Kier alpha value is -3.16. The van der Waals surface area contributed by atoms with Gasteiger partial charge in [-0.2, -0.15) is 0 Å². The Balaban J connectivity index is 1.98. The number of hydrogen-bond donors (Lipinski definition) is 1. The summed E-state index contributed by atoms with van der Waals surface area (Å²) in [5.74, 6) is -0.291. The summed E-state index contributed by atoms with van der Waals surface area (Å²) in [4.78, 5) is 15.2. The third-order valence-corrected chi connectivity index (χ3v) is 6.76. The number of anilines is 1. The van der Waals surface area contributed by atoms with Crippen LogP contribution in [-0.2, 0) is 16.6 Å². The second-order valence-corrected chi connectivity index (χ2v) is 9.60. The van der Waals surface area contributed by atoms with Gasteiger partial charge in [-0.25, -0.2) is 8.42 Å². The smallest absolute Gasteiger partial charge is 0.264 e. The second kappa shape index (κ2) is 10.9. The van der Waals surface area contributed by atoms with E-state index in [-0.39, 0.29) is 17.3 Å². The number of rotatable bonds is 10. The highest BCUT2D eigenvalue weighted by Crippen LogP contribution is 2.29. The summed E-state index contributed by atoms with van der Waals surface area (Å²) in [6, 6.07) is 24.5. The third-order valence-electron chi connectivity index (χ3n) is 4.99. The molecule has 0 unspecified atom stereocenters. The molecular weight excluding hydrogens is 422 g/mol. The molecule has 0 aliphatic heterocycles. The number of nitrogens with one attached hydrogen (secondary N) is 1. The quantitative estimate of drug-likeness (QED) is 0.477. The lowest BCUT2D eigenvalue weighted by Crippen LogP contribution is -2.34. The van der Waals surface area contributed by atoms with Crippen molar-refractivity contribution in [2.45, 2.75) is 17.9 Å². The summed E-state index contributed by atoms with van der Waals surface area (Å²) in [7, 11) is 0.0603. The van der Waals surface area contributed by atoms with Crippen LogP contribution >= 0.6 is 0 Å². The summed E-state index contributed by atoms with van der Waals surface area (Å²) in [5.41, 5.74) is 1.51. The van der Waals surface area contributed by atoms with E-state index in [1.54, 1.807) is 54.6 Å². The van der Waals surface area contributed by atoms with Crippen molar-refractivity contribution in [2.24, 2.45) is 0 Å². The van der Waals surface area contributed by atoms with Gasteiger partial charge in [0.15, 0.2) is 0 Å². The minimum Gasteiger partial charge on any atom is -0.352 e. The van der Waals surface area contributed by atoms with Crippen molar-refractivity contribution < 1.29 is 13.2 Å². The van der Waals surface area contributed by atoms with E-state index < -0.39 is 10.0 Å². The summed E-state index contributed by atoms with van der Waals surface area (Å²) in [6.45, 7) is 1.48. The highest BCUT2D eigenvalue weighted by atomic mass is 32.2. The van der Waals surface area contributed by atoms with Crippen LogP contribution < -0.4 is 9.62 Å². The van der Waals surface area contributed by atoms with Crippen molar-refractivity contribution in [3.63, 3.8) is 0 Å². The number of sulfonamides is 1. The molecule has 0 aliphatic rings. The summed E-state index contributed by atoms with van der Waals surface area (Å²) in [6.07, 6.45) is 0.803. The number of carbonyl (C=O) groups excluding carboxylic acids is 1. The van der Waals surface area contributed by atoms with Crippen LogP contribution in [0.2, 0.25) is 0 Å². The molecule has 6 nitrogen and oxygen atoms in total. The molecule has 0 aromatic heterocycles. The zero-order chi connectivity index (χ0) is 23.0. The molecule has 0 bridgehead atoms. The largest absolute Gasteiger partial charge is 0.352 e. The molecule has 3 rings (SSSR count). The lowest BCUT2D eigenvalue weighted by atomic mass is 10.1. The first-order valence-electron chi connectivity index (χ1n) is 10.5. The maximum Gasteiger partial charge on any atom is 0.264 e. The Bertz CT molecular complexity index is 1120. The molecule has 0 radical (unpaired) electrons. The summed E-state index contributed by atoms with van der Waals surface area (Å²) >= 11 is 0. The van der Waals surface area contributed by atoms with E-state index in [2.05, 4.69) is 5.32 Å². The van der Waals surface area contributed by atoms with E-state index in [0.29, 0.717) is 17.8 Å². The molecule has 0 heterocycles. The fourth-order valence-corrected chi connectivity index (χ4v) is 4.84. The number of amides is 1. The third kappa shape index (κ3) is 5.96. The highest BCUT2D eigenvalue weighted by molar-refractivity contribution is 7.92. The standard InChI is InChI=1S/C25H29N3O3S/c1-27(2)19-11-18-26-25(29)23-16-9-10-17-24(23)28(20-21-12-5-3-6-13-21)32(30,31)22-14-7-4-8-15-22/h3-10,12-17H,11,18-20H2,1-2H3,(H,26,29). The van der Waals surface area contributed by atoms with Gasteiger partial charge in [-0.1, -0.05) is 60.7 Å². The van der Waals surface area contributed by atoms with E-state index in [1.807, 2.05) is 49.3 Å². The van der Waals surface area contributed by atoms with Gasteiger partial charge in [0.05, 0.1) is 22.7 Å². The molecule has 3 aromatic carbocycles. The lowest BCUT2D eigenvalue weighted by molar-refractivity contribution is 0.0953. The Morgan fingerprint density at radius 1 is 0.844 bits per heavy atom. The van der Waals surface area contributed by atoms with E-state index in [0.717, 1.165) is 18.5 Å². The Morgan fingerprint density at radius 2 is 1.44 bits per heavy atom. The van der Waals surface area contributed by atoms with Gasteiger partial charge in [-0.3, -0.25) is 9.10 Å². The number of hydrogen-bond acceptors (Lipinski definition) is 4. The predicted molar refractivity (Wildman–Crippen MR) is 128 cm³/mol. The lowest BCUT2D eigenvalue weighted by Gasteiger charge is -2.26. The van der Waals surface area contributed by atoms with Gasteiger partial charge in [0.2, 0.25) is 0 Å². The summed E-state index contributed by atoms with van der Waals surface area (Å²) < 4.78 is 28.6. The van der Waals surface area contributed by atoms with Gasteiger partial charge in [-0.15, -0.1) is 0 Å². The van der Waals surface area contributed by atoms with Gasteiger partial charge in [0, 0.05) is 6.54 Å². The molecule has 1 N–H and O–H groups in total. The van der Waals surface area contributed by atoms with Crippen LogP contribution in [0.4, 0.5) is 5.69 Å². The fraction of sp³-hybridized carbons (Fsp3) is 0.240. The van der Waals surface area contributed by atoms with Crippen molar-refractivity contribution in [2.75, 3.05) is 31.5 Å². The first-order chi connectivity index (χ1) is 15.4. The topological polar surface area (TPSA) is 69.7 Å². The van der Waals surface area contributed by atoms with Crippen LogP contribution in [0.5, 0.6) is 0 Å². The van der Waals surface area contributed by atoms with Gasteiger partial charge in [0.1, 0.15) is 0 Å². The van der Waals surface area contributed by atoms with Crippen LogP contribution in [0.3, 0.4) is 0 Å². The van der Waals surface area contributed by atoms with Gasteiger partial charge >= 0.3 is 0 Å². The second-order valence-electron chi connectivity index (χ2n) is 7.74. The molecular formula is C25H29N3O3S. The van der Waals surface area contributed by atoms with Gasteiger partial charge < -0.3 is 10.2 Å². The van der Waals surface area contributed by atoms with Gasteiger partial charge in [-0.05, 0) is 56.9 Å². The van der Waals surface area contributed by atoms with Crippen LogP contribution in [0.25, 0.3) is 0 Å². The first-order valence-corrected chi connectivity index (χ1v) is 12.0. The molecule has 7 heteroatoms. The number of para-hydroxylation sites is 1. The number of benzene rings is 3. The van der Waals surface area contributed by atoms with Crippen molar-refractivity contribution in [1.29, 1.82) is 0 Å². The number of carbonyl (C=O) groups is 1. The Kier molecular flexibility index (Phi) is 8.03. The molecule has 1 amide bonds. The molecule has 0 saturated carbocycles. The molecule has 3 aromatic rings. The maximum atomic E-state index is 13.6. The Morgan fingerprint density at radius 3 is 2.09 bits per heavy atom. The van der Waals surface area contributed by atoms with E-state index in [4.69, 9.17) is 0 Å².